The summed E-state index contributed by atoms with van der Waals surface area (Å²) >= 11 is 5.68. The van der Waals surface area contributed by atoms with Crippen LogP contribution in [0.2, 0.25) is 5.02 Å². The predicted octanol–water partition coefficient (Wildman–Crippen LogP) is 1.97. The van der Waals surface area contributed by atoms with Gasteiger partial charge < -0.3 is 5.32 Å². The van der Waals surface area contributed by atoms with E-state index >= 15 is 0 Å². The van der Waals surface area contributed by atoms with Crippen molar-refractivity contribution >= 4 is 35.0 Å². The Morgan fingerprint density at radius 1 is 1.04 bits per heavy atom. The lowest BCUT2D eigenvalue weighted by Crippen LogP contribution is -2.51. The van der Waals surface area contributed by atoms with Gasteiger partial charge in [0.2, 0.25) is 0 Å². The van der Waals surface area contributed by atoms with Crippen LogP contribution in [0.3, 0.4) is 0 Å². The van der Waals surface area contributed by atoms with Crippen LogP contribution in [0.15, 0.2) is 42.5 Å². The first kappa shape index (κ1) is 20.8. The summed E-state index contributed by atoms with van der Waals surface area (Å²) in [6.07, 6.45) is 0. The number of nitrogens with one attached hydrogen (secondary N) is 3. The van der Waals surface area contributed by atoms with E-state index in [9.17, 15) is 28.9 Å². The standard InChI is InChI=1S/C17H14ClFN4O5/c1-9(15(24)21-22-17(26)10-2-5-12(19)6-3-10)20-16(25)11-4-7-13(18)14(8-11)23(27)28/h2-9H,1H3,(H,20,25)(H,21,24)(H,22,26)/t9-/m0/s1. The zero-order valence-corrected chi connectivity index (χ0v) is 15.1. The molecular formula is C17H14ClFN4O5. The van der Waals surface area contributed by atoms with Gasteiger partial charge in [-0.05, 0) is 43.3 Å². The Hall–Kier alpha value is -3.53. The van der Waals surface area contributed by atoms with E-state index in [0.717, 1.165) is 18.2 Å². The summed E-state index contributed by atoms with van der Waals surface area (Å²) in [4.78, 5) is 46.1. The lowest BCUT2D eigenvalue weighted by Gasteiger charge is -2.14. The minimum absolute atomic E-state index is 0.0638. The number of rotatable bonds is 5. The maximum atomic E-state index is 12.8. The molecule has 2 aromatic rings. The van der Waals surface area contributed by atoms with Gasteiger partial charge in [0.05, 0.1) is 4.92 Å². The van der Waals surface area contributed by atoms with E-state index in [4.69, 9.17) is 11.6 Å². The number of benzene rings is 2. The Labute approximate surface area is 163 Å². The minimum Gasteiger partial charge on any atom is -0.340 e. The monoisotopic (exact) mass is 408 g/mol. The lowest BCUT2D eigenvalue weighted by molar-refractivity contribution is -0.384. The normalized spacial score (nSPS) is 11.2. The highest BCUT2D eigenvalue weighted by Crippen LogP contribution is 2.25. The highest BCUT2D eigenvalue weighted by Gasteiger charge is 2.20. The molecule has 28 heavy (non-hydrogen) atoms. The number of hydrazine groups is 1. The summed E-state index contributed by atoms with van der Waals surface area (Å²) in [6.45, 7) is 1.35. The van der Waals surface area contributed by atoms with Crippen molar-refractivity contribution in [3.05, 3.63) is 74.5 Å². The highest BCUT2D eigenvalue weighted by molar-refractivity contribution is 6.32. The maximum Gasteiger partial charge on any atom is 0.288 e. The van der Waals surface area contributed by atoms with Crippen molar-refractivity contribution in [2.24, 2.45) is 0 Å². The van der Waals surface area contributed by atoms with Crippen LogP contribution in [0.25, 0.3) is 0 Å². The van der Waals surface area contributed by atoms with Crippen molar-refractivity contribution in [1.29, 1.82) is 0 Å². The van der Waals surface area contributed by atoms with Gasteiger partial charge in [-0.25, -0.2) is 4.39 Å². The zero-order valence-electron chi connectivity index (χ0n) is 14.4. The number of hydrogen-bond acceptors (Lipinski definition) is 5. The highest BCUT2D eigenvalue weighted by atomic mass is 35.5. The Kier molecular flexibility index (Phi) is 6.61. The second-order valence-electron chi connectivity index (χ2n) is 5.57. The fraction of sp³-hybridized carbons (Fsp3) is 0.118. The number of nitro groups is 1. The molecule has 11 heteroatoms. The molecule has 9 nitrogen and oxygen atoms in total. The molecule has 0 aliphatic carbocycles. The quantitative estimate of drug-likeness (QED) is 0.514. The van der Waals surface area contributed by atoms with Crippen molar-refractivity contribution in [3.8, 4) is 0 Å². The van der Waals surface area contributed by atoms with Gasteiger partial charge in [-0.3, -0.25) is 35.3 Å². The Morgan fingerprint density at radius 2 is 1.64 bits per heavy atom. The van der Waals surface area contributed by atoms with E-state index < -0.39 is 40.2 Å². The summed E-state index contributed by atoms with van der Waals surface area (Å²) in [5.74, 6) is -2.68. The fourth-order valence-electron chi connectivity index (χ4n) is 2.04. The number of nitro benzene ring substituents is 1. The van der Waals surface area contributed by atoms with Crippen molar-refractivity contribution in [3.63, 3.8) is 0 Å². The van der Waals surface area contributed by atoms with Crippen molar-refractivity contribution in [1.82, 2.24) is 16.2 Å². The summed E-state index contributed by atoms with van der Waals surface area (Å²) in [7, 11) is 0. The molecule has 0 spiro atoms. The van der Waals surface area contributed by atoms with Gasteiger partial charge in [-0.2, -0.15) is 0 Å². The van der Waals surface area contributed by atoms with E-state index in [0.29, 0.717) is 0 Å². The molecule has 146 valence electrons. The fourth-order valence-corrected chi connectivity index (χ4v) is 2.23. The van der Waals surface area contributed by atoms with Crippen LogP contribution in [-0.4, -0.2) is 28.7 Å². The first-order valence-electron chi connectivity index (χ1n) is 7.79. The maximum absolute atomic E-state index is 12.8. The van der Waals surface area contributed by atoms with Gasteiger partial charge >= 0.3 is 0 Å². The average Bonchev–Trinajstić information content (AvgIpc) is 2.66. The number of amides is 3. The molecule has 0 aliphatic heterocycles. The van der Waals surface area contributed by atoms with Crippen LogP contribution in [0.1, 0.15) is 27.6 Å². The molecule has 2 rings (SSSR count). The zero-order chi connectivity index (χ0) is 20.8. The third-order valence-corrected chi connectivity index (χ3v) is 3.87. The number of halogens is 2. The summed E-state index contributed by atoms with van der Waals surface area (Å²) < 4.78 is 12.8. The SMILES string of the molecule is C[C@H](NC(=O)c1ccc(Cl)c([N+](=O)[O-])c1)C(=O)NNC(=O)c1ccc(F)cc1. The average molecular weight is 409 g/mol. The number of nitrogens with zero attached hydrogens (tertiary/aromatic N) is 1. The molecule has 1 atom stereocenters. The minimum atomic E-state index is -1.07. The molecule has 0 saturated carbocycles. The second kappa shape index (κ2) is 8.91. The van der Waals surface area contributed by atoms with Crippen molar-refractivity contribution in [2.75, 3.05) is 0 Å². The van der Waals surface area contributed by atoms with Gasteiger partial charge in [-0.15, -0.1) is 0 Å². The Bertz CT molecular complexity index is 936. The van der Waals surface area contributed by atoms with Crippen LogP contribution in [-0.2, 0) is 4.79 Å². The number of hydrogen-bond donors (Lipinski definition) is 3. The third-order valence-electron chi connectivity index (χ3n) is 3.55. The molecule has 0 fully saturated rings. The smallest absolute Gasteiger partial charge is 0.288 e. The second-order valence-corrected chi connectivity index (χ2v) is 5.98. The number of carbonyl (C=O) groups is 3. The van der Waals surface area contributed by atoms with Crippen LogP contribution in [0, 0.1) is 15.9 Å². The molecule has 3 N–H and O–H groups in total. The van der Waals surface area contributed by atoms with Crippen LogP contribution >= 0.6 is 11.6 Å². The Balaban J connectivity index is 1.93. The van der Waals surface area contributed by atoms with Crippen LogP contribution in [0.5, 0.6) is 0 Å². The van der Waals surface area contributed by atoms with Crippen LogP contribution in [0.4, 0.5) is 10.1 Å². The number of carbonyl (C=O) groups excluding carboxylic acids is 3. The van der Waals surface area contributed by atoms with Crippen LogP contribution < -0.4 is 16.2 Å². The van der Waals surface area contributed by atoms with E-state index in [1.54, 1.807) is 0 Å². The van der Waals surface area contributed by atoms with Crippen molar-refractivity contribution in [2.45, 2.75) is 13.0 Å². The van der Waals surface area contributed by atoms with Gasteiger partial charge in [0.1, 0.15) is 16.9 Å². The van der Waals surface area contributed by atoms with E-state index in [1.807, 2.05) is 0 Å². The topological polar surface area (TPSA) is 130 Å². The lowest BCUT2D eigenvalue weighted by atomic mass is 10.1. The molecule has 2 aromatic carbocycles. The molecule has 0 aromatic heterocycles. The molecule has 0 aliphatic rings. The molecule has 0 unspecified atom stereocenters. The molecular weight excluding hydrogens is 395 g/mol. The first-order valence-corrected chi connectivity index (χ1v) is 8.17. The summed E-state index contributed by atoms with van der Waals surface area (Å²) in [6, 6.07) is 7.02. The first-order chi connectivity index (χ1) is 13.2. The molecule has 3 amide bonds. The molecule has 0 saturated heterocycles. The van der Waals surface area contributed by atoms with Gasteiger partial charge in [-0.1, -0.05) is 11.6 Å². The van der Waals surface area contributed by atoms with E-state index in [-0.39, 0.29) is 16.1 Å². The molecule has 0 heterocycles. The van der Waals surface area contributed by atoms with Gasteiger partial charge in [0, 0.05) is 17.2 Å². The summed E-state index contributed by atoms with van der Waals surface area (Å²) in [5, 5.41) is 13.1. The molecule has 0 radical (unpaired) electrons. The van der Waals surface area contributed by atoms with Gasteiger partial charge in [0.25, 0.3) is 23.4 Å². The largest absolute Gasteiger partial charge is 0.340 e. The van der Waals surface area contributed by atoms with E-state index in [2.05, 4.69) is 16.2 Å². The third kappa shape index (κ3) is 5.24. The molecule has 0 bridgehead atoms. The predicted molar refractivity (Wildman–Crippen MR) is 97.0 cm³/mol. The summed E-state index contributed by atoms with van der Waals surface area (Å²) in [5.41, 5.74) is 3.85. The van der Waals surface area contributed by atoms with Gasteiger partial charge in [0.15, 0.2) is 0 Å². The van der Waals surface area contributed by atoms with E-state index in [1.165, 1.54) is 31.2 Å². The Morgan fingerprint density at radius 3 is 2.25 bits per heavy atom. The van der Waals surface area contributed by atoms with Crippen molar-refractivity contribution < 1.29 is 23.7 Å².